The van der Waals surface area contributed by atoms with Gasteiger partial charge in [-0.05, 0) is 37.0 Å². The first-order chi connectivity index (χ1) is 16.3. The Kier molecular flexibility index (Phi) is 5.72. The Bertz CT molecular complexity index is 1250. The van der Waals surface area contributed by atoms with Crippen LogP contribution < -0.4 is 10.6 Å². The van der Waals surface area contributed by atoms with Crippen molar-refractivity contribution in [1.82, 2.24) is 14.4 Å². The molecule has 0 unspecified atom stereocenters. The molecule has 2 saturated heterocycles. The third kappa shape index (κ3) is 3.61. The van der Waals surface area contributed by atoms with Crippen LogP contribution in [0.25, 0.3) is 0 Å². The van der Waals surface area contributed by atoms with Gasteiger partial charge in [0, 0.05) is 23.9 Å². The molecule has 3 aliphatic heterocycles. The second-order valence-corrected chi connectivity index (χ2v) is 10.7. The maximum atomic E-state index is 13.1. The summed E-state index contributed by atoms with van der Waals surface area (Å²) < 4.78 is 1.37. The number of aromatic hydroxyl groups is 1. The SMILES string of the molecule is NC(=O)N1C(=O)[C@@H]2[C@H](c3ccc(O)cc3)c3sc(=O)n(CC(=O)N4CCCCC4)c3S[C@@H]2C1=O. The van der Waals surface area contributed by atoms with Crippen molar-refractivity contribution >= 4 is 46.9 Å². The van der Waals surface area contributed by atoms with Crippen LogP contribution in [0.1, 0.15) is 35.6 Å². The van der Waals surface area contributed by atoms with E-state index >= 15 is 0 Å². The molecule has 1 aromatic heterocycles. The number of imide groups is 3. The normalized spacial score (nSPS) is 24.2. The highest BCUT2D eigenvalue weighted by atomic mass is 32.2. The number of phenols is 1. The summed E-state index contributed by atoms with van der Waals surface area (Å²) in [5.74, 6) is -3.22. The van der Waals surface area contributed by atoms with Crippen LogP contribution in [-0.4, -0.2) is 61.6 Å². The molecule has 0 aliphatic carbocycles. The van der Waals surface area contributed by atoms with Crippen molar-refractivity contribution in [3.63, 3.8) is 0 Å². The molecule has 3 N–H and O–H groups in total. The fourth-order valence-electron chi connectivity index (χ4n) is 4.89. The molecule has 3 atom stereocenters. The summed E-state index contributed by atoms with van der Waals surface area (Å²) in [7, 11) is 0. The first-order valence-corrected chi connectivity index (χ1v) is 12.6. The number of phenolic OH excluding ortho intramolecular Hbond substituents is 1. The highest BCUT2D eigenvalue weighted by molar-refractivity contribution is 8.00. The fourth-order valence-corrected chi connectivity index (χ4v) is 7.67. The molecule has 0 bridgehead atoms. The number of urea groups is 1. The second kappa shape index (κ2) is 8.58. The molecule has 34 heavy (non-hydrogen) atoms. The number of fused-ring (bicyclic) bond motifs is 2. The number of aromatic nitrogens is 1. The Morgan fingerprint density at radius 2 is 1.71 bits per heavy atom. The number of amides is 5. The summed E-state index contributed by atoms with van der Waals surface area (Å²) in [4.78, 5) is 66.4. The monoisotopic (exact) mass is 502 g/mol. The van der Waals surface area contributed by atoms with Gasteiger partial charge in [-0.2, -0.15) is 4.90 Å². The molecule has 10 nitrogen and oxygen atoms in total. The van der Waals surface area contributed by atoms with Gasteiger partial charge in [0.1, 0.15) is 17.5 Å². The fraction of sp³-hybridized carbons (Fsp3) is 0.409. The molecular formula is C22H22N4O6S2. The summed E-state index contributed by atoms with van der Waals surface area (Å²) in [5.41, 5.74) is 5.93. The molecule has 12 heteroatoms. The maximum absolute atomic E-state index is 13.1. The van der Waals surface area contributed by atoms with Crippen LogP contribution in [0, 0.1) is 5.92 Å². The number of benzene rings is 1. The van der Waals surface area contributed by atoms with E-state index in [0.717, 1.165) is 42.4 Å². The summed E-state index contributed by atoms with van der Waals surface area (Å²) in [6, 6.07) is 5.01. The summed E-state index contributed by atoms with van der Waals surface area (Å²) in [6.45, 7) is 1.14. The molecule has 0 radical (unpaired) electrons. The molecule has 0 spiro atoms. The van der Waals surface area contributed by atoms with E-state index in [0.29, 0.717) is 33.5 Å². The lowest BCUT2D eigenvalue weighted by Gasteiger charge is -2.31. The second-order valence-electron chi connectivity index (χ2n) is 8.55. The Hall–Kier alpha value is -3.12. The van der Waals surface area contributed by atoms with Crippen LogP contribution in [-0.2, 0) is 20.9 Å². The van der Waals surface area contributed by atoms with Crippen molar-refractivity contribution in [2.45, 2.75) is 42.0 Å². The van der Waals surface area contributed by atoms with Crippen LogP contribution in [0.5, 0.6) is 5.75 Å². The number of carbonyl (C=O) groups excluding carboxylic acids is 4. The van der Waals surface area contributed by atoms with E-state index in [1.54, 1.807) is 17.0 Å². The van der Waals surface area contributed by atoms with Crippen molar-refractivity contribution in [2.75, 3.05) is 13.1 Å². The van der Waals surface area contributed by atoms with E-state index in [1.807, 2.05) is 0 Å². The van der Waals surface area contributed by atoms with Gasteiger partial charge >= 0.3 is 10.9 Å². The smallest absolute Gasteiger partial charge is 0.328 e. The Morgan fingerprint density at radius 3 is 2.35 bits per heavy atom. The number of likely N-dealkylation sites (tertiary alicyclic amines) is 2. The minimum atomic E-state index is -1.14. The standard InChI is InChI=1S/C22H22N4O6S2/c23-21(31)26-18(29)15-14(11-4-6-12(27)7-5-11)17-20(33-16(15)19(26)30)25(22(32)34-17)10-13(28)24-8-2-1-3-9-24/h4-7,14-16,27H,1-3,8-10H2,(H2,23,31)/t14-,15+,16-/m0/s1. The van der Waals surface area contributed by atoms with Crippen LogP contribution in [0.2, 0.25) is 0 Å². The van der Waals surface area contributed by atoms with Gasteiger partial charge in [0.2, 0.25) is 11.8 Å². The van der Waals surface area contributed by atoms with E-state index in [1.165, 1.54) is 16.7 Å². The highest BCUT2D eigenvalue weighted by Gasteiger charge is 2.57. The molecule has 178 valence electrons. The van der Waals surface area contributed by atoms with Crippen molar-refractivity contribution in [1.29, 1.82) is 0 Å². The molecule has 5 rings (SSSR count). The number of rotatable bonds is 3. The number of hydrogen-bond donors (Lipinski definition) is 2. The summed E-state index contributed by atoms with van der Waals surface area (Å²) in [6.07, 6.45) is 2.91. The van der Waals surface area contributed by atoms with Gasteiger partial charge in [-0.3, -0.25) is 23.7 Å². The molecule has 1 aromatic carbocycles. The van der Waals surface area contributed by atoms with Gasteiger partial charge in [0.15, 0.2) is 0 Å². The summed E-state index contributed by atoms with van der Waals surface area (Å²) in [5, 5.41) is 9.22. The maximum Gasteiger partial charge on any atom is 0.328 e. The first kappa shape index (κ1) is 22.7. The van der Waals surface area contributed by atoms with Crippen LogP contribution in [0.4, 0.5) is 4.79 Å². The minimum absolute atomic E-state index is 0.0242. The lowest BCUT2D eigenvalue weighted by molar-refractivity contribution is -0.136. The molecule has 5 amide bonds. The van der Waals surface area contributed by atoms with Crippen LogP contribution >= 0.6 is 23.1 Å². The highest BCUT2D eigenvalue weighted by Crippen LogP contribution is 2.53. The predicted molar refractivity (Wildman–Crippen MR) is 124 cm³/mol. The zero-order chi connectivity index (χ0) is 24.1. The lowest BCUT2D eigenvalue weighted by Crippen LogP contribution is -2.41. The Balaban J connectivity index is 1.59. The number of nitrogens with two attached hydrogens (primary N) is 1. The zero-order valence-corrected chi connectivity index (χ0v) is 19.6. The van der Waals surface area contributed by atoms with Gasteiger partial charge in [-0.1, -0.05) is 35.2 Å². The molecular weight excluding hydrogens is 480 g/mol. The average molecular weight is 503 g/mol. The van der Waals surface area contributed by atoms with E-state index in [2.05, 4.69) is 0 Å². The molecule has 2 fully saturated rings. The number of carbonyl (C=O) groups is 4. The van der Waals surface area contributed by atoms with Gasteiger partial charge in [0.25, 0.3) is 5.91 Å². The molecule has 2 aromatic rings. The number of hydrogen-bond acceptors (Lipinski definition) is 8. The van der Waals surface area contributed by atoms with Crippen LogP contribution in [0.3, 0.4) is 0 Å². The average Bonchev–Trinajstić information content (AvgIpc) is 3.26. The van der Waals surface area contributed by atoms with E-state index in [-0.39, 0.29) is 23.1 Å². The van der Waals surface area contributed by atoms with E-state index in [4.69, 9.17) is 5.73 Å². The van der Waals surface area contributed by atoms with Crippen LogP contribution in [0.15, 0.2) is 34.1 Å². The first-order valence-electron chi connectivity index (χ1n) is 10.9. The Labute approximate surface area is 202 Å². The molecule has 4 heterocycles. The van der Waals surface area contributed by atoms with Crippen molar-refractivity contribution in [2.24, 2.45) is 11.7 Å². The lowest BCUT2D eigenvalue weighted by atomic mass is 9.83. The van der Waals surface area contributed by atoms with E-state index in [9.17, 15) is 29.1 Å². The van der Waals surface area contributed by atoms with Crippen molar-refractivity contribution in [3.8, 4) is 5.75 Å². The number of nitrogens with zero attached hydrogens (tertiary/aromatic N) is 3. The quantitative estimate of drug-likeness (QED) is 0.602. The molecule has 3 aliphatic rings. The largest absolute Gasteiger partial charge is 0.508 e. The Morgan fingerprint density at radius 1 is 1.03 bits per heavy atom. The number of thioether (sulfide) groups is 1. The number of piperidine rings is 1. The predicted octanol–water partition coefficient (Wildman–Crippen LogP) is 1.30. The summed E-state index contributed by atoms with van der Waals surface area (Å²) >= 11 is 1.96. The topological polar surface area (TPSA) is 143 Å². The minimum Gasteiger partial charge on any atom is -0.508 e. The zero-order valence-electron chi connectivity index (χ0n) is 18.0. The number of primary amides is 1. The van der Waals surface area contributed by atoms with Gasteiger partial charge < -0.3 is 15.7 Å². The van der Waals surface area contributed by atoms with E-state index < -0.39 is 34.9 Å². The van der Waals surface area contributed by atoms with Crippen molar-refractivity contribution in [3.05, 3.63) is 44.4 Å². The van der Waals surface area contributed by atoms with Gasteiger partial charge in [0.05, 0.1) is 10.9 Å². The third-order valence-corrected chi connectivity index (χ3v) is 9.13. The third-order valence-electron chi connectivity index (χ3n) is 6.52. The number of thiazole rings is 1. The van der Waals surface area contributed by atoms with Gasteiger partial charge in [-0.15, -0.1) is 0 Å². The van der Waals surface area contributed by atoms with Crippen molar-refractivity contribution < 1.29 is 24.3 Å². The molecule has 0 saturated carbocycles. The van der Waals surface area contributed by atoms with Gasteiger partial charge in [-0.25, -0.2) is 4.79 Å².